The summed E-state index contributed by atoms with van der Waals surface area (Å²) in [6.07, 6.45) is -11.2. The molecular formula is C17H9F25O. The first-order chi connectivity index (χ1) is 18.1. The summed E-state index contributed by atoms with van der Waals surface area (Å²) in [4.78, 5) is 10.8. The second-order valence-corrected chi connectivity index (χ2v) is 8.66. The maximum Gasteiger partial charge on any atom is 0.460 e. The Bertz CT molecular complexity index is 1030. The molecule has 0 aliphatic rings. The van der Waals surface area contributed by atoms with Gasteiger partial charge in [0, 0.05) is 12.3 Å². The zero-order valence-corrected chi connectivity index (χ0v) is 19.6. The predicted molar refractivity (Wildman–Crippen MR) is 84.9 cm³/mol. The van der Waals surface area contributed by atoms with Crippen LogP contribution in [0.3, 0.4) is 0 Å². The van der Waals surface area contributed by atoms with E-state index in [4.69, 9.17) is 0 Å². The van der Waals surface area contributed by atoms with E-state index in [0.717, 1.165) is 0 Å². The quantitative estimate of drug-likeness (QED) is 0.175. The summed E-state index contributed by atoms with van der Waals surface area (Å²) in [5.74, 6) is -103. The van der Waals surface area contributed by atoms with Gasteiger partial charge in [0.1, 0.15) is 5.78 Å². The molecule has 0 rings (SSSR count). The van der Waals surface area contributed by atoms with Crippen molar-refractivity contribution in [2.24, 2.45) is 5.92 Å². The molecule has 0 aromatic heterocycles. The van der Waals surface area contributed by atoms with Gasteiger partial charge in [0.05, 0.1) is 0 Å². The second kappa shape index (κ2) is 10.2. The van der Waals surface area contributed by atoms with Crippen LogP contribution in [0.15, 0.2) is 0 Å². The lowest BCUT2D eigenvalue weighted by atomic mass is 9.83. The molecule has 0 fully saturated rings. The molecule has 0 aliphatic heterocycles. The Morgan fingerprint density at radius 3 is 0.767 bits per heavy atom. The van der Waals surface area contributed by atoms with Gasteiger partial charge in [-0.2, -0.15) is 110 Å². The van der Waals surface area contributed by atoms with Gasteiger partial charge in [-0.25, -0.2) is 0 Å². The number of ketones is 1. The van der Waals surface area contributed by atoms with E-state index in [1.54, 1.807) is 0 Å². The van der Waals surface area contributed by atoms with Gasteiger partial charge >= 0.3 is 71.3 Å². The molecule has 1 nitrogen and oxygen atoms in total. The minimum atomic E-state index is -9.61. The van der Waals surface area contributed by atoms with Crippen LogP contribution in [0.5, 0.6) is 0 Å². The summed E-state index contributed by atoms with van der Waals surface area (Å²) in [6, 6.07) is 0. The normalized spacial score (nSPS) is 17.3. The lowest BCUT2D eigenvalue weighted by Crippen LogP contribution is -2.78. The second-order valence-electron chi connectivity index (χ2n) is 8.66. The molecule has 0 saturated heterocycles. The van der Waals surface area contributed by atoms with Crippen LogP contribution in [0.2, 0.25) is 0 Å². The molecule has 43 heavy (non-hydrogen) atoms. The molecule has 26 heteroatoms. The van der Waals surface area contributed by atoms with E-state index in [2.05, 4.69) is 0 Å². The van der Waals surface area contributed by atoms with Crippen LogP contribution < -0.4 is 0 Å². The fourth-order valence-corrected chi connectivity index (χ4v) is 2.64. The summed E-state index contributed by atoms with van der Waals surface area (Å²) >= 11 is 0. The molecule has 0 radical (unpaired) electrons. The van der Waals surface area contributed by atoms with Crippen LogP contribution in [0.1, 0.15) is 20.3 Å². The molecule has 0 aromatic carbocycles. The summed E-state index contributed by atoms with van der Waals surface area (Å²) in [7, 11) is 0. The van der Waals surface area contributed by atoms with Crippen molar-refractivity contribution in [3.05, 3.63) is 0 Å². The number of hydrogen-bond donors (Lipinski definition) is 0. The monoisotopic (exact) mass is 704 g/mol. The van der Waals surface area contributed by atoms with Crippen molar-refractivity contribution in [3.8, 4) is 0 Å². The molecule has 0 aliphatic carbocycles. The number of hydrogen-bond acceptors (Lipinski definition) is 1. The van der Waals surface area contributed by atoms with Gasteiger partial charge in [-0.1, -0.05) is 6.92 Å². The van der Waals surface area contributed by atoms with E-state index in [-0.39, 0.29) is 13.8 Å². The average molecular weight is 704 g/mol. The Labute approximate surface area is 219 Å². The van der Waals surface area contributed by atoms with E-state index < -0.39 is 89.4 Å². The van der Waals surface area contributed by atoms with E-state index in [1.807, 2.05) is 0 Å². The Hall–Kier alpha value is -2.08. The van der Waals surface area contributed by atoms with Crippen molar-refractivity contribution >= 4 is 5.78 Å². The molecule has 0 N–H and O–H groups in total. The van der Waals surface area contributed by atoms with E-state index >= 15 is 0 Å². The van der Waals surface area contributed by atoms with Crippen LogP contribution in [-0.4, -0.2) is 77.1 Å². The largest absolute Gasteiger partial charge is 0.460 e. The van der Waals surface area contributed by atoms with Crippen LogP contribution in [0.4, 0.5) is 110 Å². The first-order valence-corrected chi connectivity index (χ1v) is 9.81. The SMILES string of the molecule is CC(=O)C(C)CC(F)(F)C(F)(F)C(F)(F)C(F)(F)C(F)(F)C(F)(F)C(F)(F)C(F)(F)C(F)(F)C(F)(F)C(F)(F)C(F)(F)F. The zero-order valence-electron chi connectivity index (χ0n) is 19.6. The van der Waals surface area contributed by atoms with E-state index in [1.165, 1.54) is 0 Å². The fourth-order valence-electron chi connectivity index (χ4n) is 2.64. The van der Waals surface area contributed by atoms with Gasteiger partial charge < -0.3 is 0 Å². The van der Waals surface area contributed by atoms with Crippen molar-refractivity contribution in [2.45, 2.75) is 91.6 Å². The third-order valence-electron chi connectivity index (χ3n) is 5.62. The van der Waals surface area contributed by atoms with Crippen molar-refractivity contribution in [3.63, 3.8) is 0 Å². The van der Waals surface area contributed by atoms with Crippen LogP contribution >= 0.6 is 0 Å². The van der Waals surface area contributed by atoms with Crippen LogP contribution in [0.25, 0.3) is 0 Å². The van der Waals surface area contributed by atoms with Gasteiger partial charge in [-0.15, -0.1) is 0 Å². The maximum absolute atomic E-state index is 13.7. The minimum Gasteiger partial charge on any atom is -0.300 e. The molecule has 1 atom stereocenters. The number of carbonyl (C=O) groups is 1. The van der Waals surface area contributed by atoms with Gasteiger partial charge in [0.25, 0.3) is 0 Å². The van der Waals surface area contributed by atoms with Crippen molar-refractivity contribution < 1.29 is 115 Å². The van der Waals surface area contributed by atoms with Crippen molar-refractivity contribution in [1.29, 1.82) is 0 Å². The minimum absolute atomic E-state index is 0.159. The predicted octanol–water partition coefficient (Wildman–Crippen LogP) is 9.15. The molecular weight excluding hydrogens is 695 g/mol. The summed E-state index contributed by atoms with van der Waals surface area (Å²) in [6.45, 7) is 0.402. The number of Topliss-reactive ketones (excluding diaryl/α,β-unsaturated/α-hetero) is 1. The highest BCUT2D eigenvalue weighted by molar-refractivity contribution is 5.77. The molecule has 0 aromatic rings. The summed E-state index contributed by atoms with van der Waals surface area (Å²) in [5.41, 5.74) is 0. The summed E-state index contributed by atoms with van der Waals surface area (Å²) < 4.78 is 333. The van der Waals surface area contributed by atoms with Crippen LogP contribution in [0, 0.1) is 5.92 Å². The van der Waals surface area contributed by atoms with Gasteiger partial charge in [0.2, 0.25) is 0 Å². The number of rotatable bonds is 13. The highest BCUT2D eigenvalue weighted by Gasteiger charge is 2.99. The van der Waals surface area contributed by atoms with Gasteiger partial charge in [0.15, 0.2) is 0 Å². The average Bonchev–Trinajstić information content (AvgIpc) is 2.76. The van der Waals surface area contributed by atoms with E-state index in [9.17, 15) is 115 Å². The topological polar surface area (TPSA) is 17.1 Å². The smallest absolute Gasteiger partial charge is 0.300 e. The Balaban J connectivity index is 7.31. The van der Waals surface area contributed by atoms with Crippen molar-refractivity contribution in [1.82, 2.24) is 0 Å². The first-order valence-electron chi connectivity index (χ1n) is 9.81. The zero-order chi connectivity index (χ0) is 35.9. The molecule has 0 amide bonds. The highest BCUT2D eigenvalue weighted by Crippen LogP contribution is 2.68. The third-order valence-corrected chi connectivity index (χ3v) is 5.62. The van der Waals surface area contributed by atoms with Gasteiger partial charge in [-0.05, 0) is 6.92 Å². The molecule has 0 heterocycles. The molecule has 0 bridgehead atoms. The Morgan fingerprint density at radius 2 is 0.581 bits per heavy atom. The molecule has 258 valence electrons. The van der Waals surface area contributed by atoms with E-state index in [0.29, 0.717) is 0 Å². The first kappa shape index (κ1) is 40.9. The third kappa shape index (κ3) is 5.12. The standard InChI is InChI=1S/C17H9F25O/c1-4(5(2)43)3-6(18,19)7(20,21)8(22,23)9(24,25)10(26,27)11(28,29)12(30,31)13(32,33)14(34,35)15(36,37)16(38,39)17(40,41)42/h4H,3H2,1-2H3. The molecule has 1 unspecified atom stereocenters. The van der Waals surface area contributed by atoms with Crippen molar-refractivity contribution in [2.75, 3.05) is 0 Å². The lowest BCUT2D eigenvalue weighted by Gasteiger charge is -2.45. The number of carbonyl (C=O) groups excluding carboxylic acids is 1. The molecule has 0 spiro atoms. The summed E-state index contributed by atoms with van der Waals surface area (Å²) in [5, 5.41) is 0. The lowest BCUT2D eigenvalue weighted by molar-refractivity contribution is -0.482. The number of alkyl halides is 25. The Kier molecular flexibility index (Phi) is 9.73. The Morgan fingerprint density at radius 1 is 0.395 bits per heavy atom. The maximum atomic E-state index is 13.7. The molecule has 0 saturated carbocycles. The highest BCUT2D eigenvalue weighted by atomic mass is 19.4. The number of halogens is 25. The van der Waals surface area contributed by atoms with Gasteiger partial charge in [-0.3, -0.25) is 4.79 Å². The fraction of sp³-hybridized carbons (Fsp3) is 0.941. The van der Waals surface area contributed by atoms with Crippen LogP contribution in [-0.2, 0) is 4.79 Å².